The van der Waals surface area contributed by atoms with E-state index in [-0.39, 0.29) is 5.82 Å². The van der Waals surface area contributed by atoms with Crippen molar-refractivity contribution in [3.8, 4) is 6.07 Å². The van der Waals surface area contributed by atoms with Crippen molar-refractivity contribution in [3.05, 3.63) is 35.1 Å². The van der Waals surface area contributed by atoms with Crippen LogP contribution < -0.4 is 5.32 Å². The maximum atomic E-state index is 13.1. The highest BCUT2D eigenvalue weighted by molar-refractivity contribution is 7.99. The van der Waals surface area contributed by atoms with Crippen LogP contribution in [0.3, 0.4) is 0 Å². The van der Waals surface area contributed by atoms with Crippen LogP contribution in [0.4, 0.5) is 4.39 Å². The molecule has 102 valence electrons. The molecular formula is C14H18FN3S. The summed E-state index contributed by atoms with van der Waals surface area (Å²) < 4.78 is 13.1. The van der Waals surface area contributed by atoms with E-state index in [1.54, 1.807) is 0 Å². The summed E-state index contributed by atoms with van der Waals surface area (Å²) in [4.78, 5) is 2.43. The van der Waals surface area contributed by atoms with Gasteiger partial charge in [-0.15, -0.1) is 0 Å². The number of nitrogens with one attached hydrogen (secondary N) is 1. The third-order valence-electron chi connectivity index (χ3n) is 3.21. The molecule has 0 aliphatic carbocycles. The zero-order chi connectivity index (χ0) is 13.5. The Morgan fingerprint density at radius 1 is 1.37 bits per heavy atom. The molecule has 0 unspecified atom stereocenters. The van der Waals surface area contributed by atoms with Gasteiger partial charge in [-0.2, -0.15) is 17.0 Å². The van der Waals surface area contributed by atoms with Crippen LogP contribution in [-0.4, -0.2) is 42.6 Å². The minimum absolute atomic E-state index is 0.288. The maximum absolute atomic E-state index is 13.1. The lowest BCUT2D eigenvalue weighted by molar-refractivity contribution is 0.301. The van der Waals surface area contributed by atoms with Crippen LogP contribution in [0.15, 0.2) is 18.2 Å². The summed E-state index contributed by atoms with van der Waals surface area (Å²) >= 11 is 2.00. The van der Waals surface area contributed by atoms with Crippen molar-refractivity contribution >= 4 is 11.8 Å². The first-order valence-corrected chi connectivity index (χ1v) is 7.64. The summed E-state index contributed by atoms with van der Waals surface area (Å²) in [6, 6.07) is 6.39. The second kappa shape index (κ2) is 7.49. The molecule has 0 aromatic heterocycles. The molecule has 0 amide bonds. The van der Waals surface area contributed by atoms with Gasteiger partial charge in [0.2, 0.25) is 0 Å². The van der Waals surface area contributed by atoms with Gasteiger partial charge in [0.05, 0.1) is 11.6 Å². The normalized spacial score (nSPS) is 16.2. The quantitative estimate of drug-likeness (QED) is 0.835. The van der Waals surface area contributed by atoms with Crippen molar-refractivity contribution in [1.29, 1.82) is 5.26 Å². The molecule has 3 nitrogen and oxygen atoms in total. The first-order chi connectivity index (χ1) is 9.29. The molecule has 1 N–H and O–H groups in total. The van der Waals surface area contributed by atoms with Gasteiger partial charge < -0.3 is 10.2 Å². The van der Waals surface area contributed by atoms with Crippen LogP contribution in [0.2, 0.25) is 0 Å². The van der Waals surface area contributed by atoms with Gasteiger partial charge in [0.25, 0.3) is 0 Å². The Hall–Kier alpha value is -1.09. The summed E-state index contributed by atoms with van der Waals surface area (Å²) in [5.74, 6) is 2.13. The largest absolute Gasteiger partial charge is 0.311 e. The van der Waals surface area contributed by atoms with Gasteiger partial charge in [-0.05, 0) is 23.8 Å². The van der Waals surface area contributed by atoms with Gasteiger partial charge in [-0.3, -0.25) is 0 Å². The number of nitrogens with zero attached hydrogens (tertiary/aromatic N) is 2. The molecule has 0 radical (unpaired) electrons. The highest BCUT2D eigenvalue weighted by atomic mass is 32.2. The predicted molar refractivity (Wildman–Crippen MR) is 76.6 cm³/mol. The van der Waals surface area contributed by atoms with Gasteiger partial charge in [-0.1, -0.05) is 0 Å². The third-order valence-corrected chi connectivity index (χ3v) is 4.15. The van der Waals surface area contributed by atoms with Crippen LogP contribution >= 0.6 is 11.8 Å². The number of rotatable bonds is 5. The van der Waals surface area contributed by atoms with Crippen molar-refractivity contribution in [2.45, 2.75) is 6.54 Å². The lowest BCUT2D eigenvalue weighted by Crippen LogP contribution is -2.37. The van der Waals surface area contributed by atoms with E-state index in [1.807, 2.05) is 11.8 Å². The Morgan fingerprint density at radius 3 is 2.89 bits per heavy atom. The molecule has 0 saturated carbocycles. The van der Waals surface area contributed by atoms with Crippen molar-refractivity contribution in [1.82, 2.24) is 10.2 Å². The highest BCUT2D eigenvalue weighted by Crippen LogP contribution is 2.10. The SMILES string of the molecule is N#Cc1ccc(F)cc1CNCCN1CCSCC1. The van der Waals surface area contributed by atoms with Gasteiger partial charge in [-0.25, -0.2) is 4.39 Å². The smallest absolute Gasteiger partial charge is 0.123 e. The number of hydrogen-bond acceptors (Lipinski definition) is 4. The first-order valence-electron chi connectivity index (χ1n) is 6.49. The van der Waals surface area contributed by atoms with E-state index < -0.39 is 0 Å². The topological polar surface area (TPSA) is 39.1 Å². The molecule has 1 heterocycles. The number of halogens is 1. The number of benzene rings is 1. The fourth-order valence-corrected chi connectivity index (χ4v) is 3.08. The molecule has 1 aliphatic rings. The second-order valence-corrected chi connectivity index (χ2v) is 5.77. The van der Waals surface area contributed by atoms with Crippen LogP contribution in [0.5, 0.6) is 0 Å². The monoisotopic (exact) mass is 279 g/mol. The number of nitriles is 1. The Bertz CT molecular complexity index is 452. The molecule has 1 aromatic rings. The highest BCUT2D eigenvalue weighted by Gasteiger charge is 2.09. The van der Waals surface area contributed by atoms with Crippen LogP contribution in [0.1, 0.15) is 11.1 Å². The molecule has 0 bridgehead atoms. The van der Waals surface area contributed by atoms with Gasteiger partial charge in [0, 0.05) is 44.2 Å². The Kier molecular flexibility index (Phi) is 5.64. The molecule has 1 saturated heterocycles. The summed E-state index contributed by atoms with van der Waals surface area (Å²) in [5.41, 5.74) is 1.28. The lowest BCUT2D eigenvalue weighted by atomic mass is 10.1. The first kappa shape index (κ1) is 14.3. The van der Waals surface area contributed by atoms with Crippen molar-refractivity contribution in [2.75, 3.05) is 37.7 Å². The molecule has 1 aliphatic heterocycles. The Balaban J connectivity index is 1.76. The molecule has 2 rings (SSSR count). The molecule has 0 spiro atoms. The summed E-state index contributed by atoms with van der Waals surface area (Å²) in [7, 11) is 0. The number of thioether (sulfide) groups is 1. The predicted octanol–water partition coefficient (Wildman–Crippen LogP) is 1.84. The van der Waals surface area contributed by atoms with E-state index in [0.29, 0.717) is 12.1 Å². The van der Waals surface area contributed by atoms with Crippen molar-refractivity contribution < 1.29 is 4.39 Å². The third kappa shape index (κ3) is 4.50. The van der Waals surface area contributed by atoms with Crippen LogP contribution in [-0.2, 0) is 6.54 Å². The number of hydrogen-bond donors (Lipinski definition) is 1. The van der Waals surface area contributed by atoms with Gasteiger partial charge in [0.15, 0.2) is 0 Å². The Morgan fingerprint density at radius 2 is 2.16 bits per heavy atom. The van der Waals surface area contributed by atoms with Crippen LogP contribution in [0.25, 0.3) is 0 Å². The second-order valence-electron chi connectivity index (χ2n) is 4.54. The lowest BCUT2D eigenvalue weighted by Gasteiger charge is -2.26. The molecule has 5 heteroatoms. The van der Waals surface area contributed by atoms with E-state index in [9.17, 15) is 4.39 Å². The average molecular weight is 279 g/mol. The van der Waals surface area contributed by atoms with Gasteiger partial charge >= 0.3 is 0 Å². The minimum atomic E-state index is -0.288. The summed E-state index contributed by atoms with van der Waals surface area (Å²) in [6.07, 6.45) is 0. The average Bonchev–Trinajstić information content (AvgIpc) is 2.45. The van der Waals surface area contributed by atoms with E-state index in [2.05, 4.69) is 16.3 Å². The van der Waals surface area contributed by atoms with E-state index in [4.69, 9.17) is 5.26 Å². The maximum Gasteiger partial charge on any atom is 0.123 e. The zero-order valence-corrected chi connectivity index (χ0v) is 11.7. The minimum Gasteiger partial charge on any atom is -0.311 e. The van der Waals surface area contributed by atoms with E-state index >= 15 is 0 Å². The van der Waals surface area contributed by atoms with Crippen molar-refractivity contribution in [2.24, 2.45) is 0 Å². The fraction of sp³-hybridized carbons (Fsp3) is 0.500. The van der Waals surface area contributed by atoms with E-state index in [0.717, 1.165) is 31.7 Å². The fourth-order valence-electron chi connectivity index (χ4n) is 2.10. The molecule has 0 atom stereocenters. The van der Waals surface area contributed by atoms with Crippen molar-refractivity contribution in [3.63, 3.8) is 0 Å². The standard InChI is InChI=1S/C14H18FN3S/c15-14-2-1-12(10-16)13(9-14)11-17-3-4-18-5-7-19-8-6-18/h1-2,9,17H,3-8,11H2. The summed E-state index contributed by atoms with van der Waals surface area (Å²) in [5, 5.41) is 12.2. The molecular weight excluding hydrogens is 261 g/mol. The molecule has 19 heavy (non-hydrogen) atoms. The molecule has 1 fully saturated rings. The Labute approximate surface area is 117 Å². The van der Waals surface area contributed by atoms with E-state index in [1.165, 1.54) is 29.7 Å². The zero-order valence-electron chi connectivity index (χ0n) is 10.9. The molecule has 1 aromatic carbocycles. The van der Waals surface area contributed by atoms with Gasteiger partial charge in [0.1, 0.15) is 5.82 Å². The summed E-state index contributed by atoms with van der Waals surface area (Å²) in [6.45, 7) is 4.72. The van der Waals surface area contributed by atoms with Crippen LogP contribution in [0, 0.1) is 17.1 Å².